The number of hydrogen-bond acceptors (Lipinski definition) is 5. The summed E-state index contributed by atoms with van der Waals surface area (Å²) in [5, 5.41) is 0. The van der Waals surface area contributed by atoms with Crippen molar-refractivity contribution in [3.63, 3.8) is 0 Å². The van der Waals surface area contributed by atoms with Crippen LogP contribution in [0.5, 0.6) is 11.5 Å². The van der Waals surface area contributed by atoms with Crippen molar-refractivity contribution in [2.75, 3.05) is 40.5 Å². The average Bonchev–Trinajstić information content (AvgIpc) is 2.45. The van der Waals surface area contributed by atoms with Crippen LogP contribution in [0.1, 0.15) is 18.5 Å². The van der Waals surface area contributed by atoms with Crippen molar-refractivity contribution in [1.82, 2.24) is 4.90 Å². The monoisotopic (exact) mass is 280 g/mol. The van der Waals surface area contributed by atoms with Crippen LogP contribution < -0.4 is 15.2 Å². The molecule has 1 aliphatic heterocycles. The third kappa shape index (κ3) is 3.85. The molecule has 2 rings (SSSR count). The first-order valence-corrected chi connectivity index (χ1v) is 6.96. The van der Waals surface area contributed by atoms with Gasteiger partial charge in [0.15, 0.2) is 11.5 Å². The Hall–Kier alpha value is -1.30. The maximum Gasteiger partial charge on any atom is 0.161 e. The summed E-state index contributed by atoms with van der Waals surface area (Å²) in [6, 6.07) is 5.78. The lowest BCUT2D eigenvalue weighted by Gasteiger charge is -2.30. The molecule has 112 valence electrons. The first-order chi connectivity index (χ1) is 9.60. The molecule has 1 aromatic carbocycles. The Morgan fingerprint density at radius 1 is 1.45 bits per heavy atom. The molecule has 0 bridgehead atoms. The van der Waals surface area contributed by atoms with E-state index in [1.807, 2.05) is 25.1 Å². The average molecular weight is 280 g/mol. The summed E-state index contributed by atoms with van der Waals surface area (Å²) in [6.07, 6.45) is 0.103. The Morgan fingerprint density at radius 2 is 2.25 bits per heavy atom. The maximum atomic E-state index is 5.87. The van der Waals surface area contributed by atoms with Gasteiger partial charge in [0.1, 0.15) is 12.7 Å². The van der Waals surface area contributed by atoms with Gasteiger partial charge >= 0.3 is 0 Å². The van der Waals surface area contributed by atoms with Crippen LogP contribution in [0.3, 0.4) is 0 Å². The Bertz CT molecular complexity index is 437. The lowest BCUT2D eigenvalue weighted by atomic mass is 10.1. The predicted octanol–water partition coefficient (Wildman–Crippen LogP) is 1.42. The lowest BCUT2D eigenvalue weighted by Crippen LogP contribution is -2.42. The molecule has 0 saturated carbocycles. The standard InChI is InChI=1S/C15H24N2O3/c1-11(16)12-4-5-14(15(8-12)18-3)20-10-13-9-17(2)6-7-19-13/h4-5,8,11,13H,6-7,9-10,16H2,1-3H3/t11-,13?/m1/s1. The van der Waals surface area contributed by atoms with Crippen LogP contribution in [0.25, 0.3) is 0 Å². The Labute approximate surface area is 120 Å². The first-order valence-electron chi connectivity index (χ1n) is 6.96. The maximum absolute atomic E-state index is 5.87. The zero-order valence-electron chi connectivity index (χ0n) is 12.5. The number of benzene rings is 1. The fourth-order valence-corrected chi connectivity index (χ4v) is 2.24. The third-order valence-electron chi connectivity index (χ3n) is 3.48. The highest BCUT2D eigenvalue weighted by Crippen LogP contribution is 2.30. The van der Waals surface area contributed by atoms with Gasteiger partial charge in [-0.2, -0.15) is 0 Å². The van der Waals surface area contributed by atoms with Crippen molar-refractivity contribution < 1.29 is 14.2 Å². The molecule has 5 heteroatoms. The van der Waals surface area contributed by atoms with Gasteiger partial charge in [-0.1, -0.05) is 6.07 Å². The molecular formula is C15H24N2O3. The van der Waals surface area contributed by atoms with Gasteiger partial charge in [-0.25, -0.2) is 0 Å². The van der Waals surface area contributed by atoms with E-state index < -0.39 is 0 Å². The summed E-state index contributed by atoms with van der Waals surface area (Å²) in [4.78, 5) is 2.24. The molecule has 0 aliphatic carbocycles. The quantitative estimate of drug-likeness (QED) is 0.884. The van der Waals surface area contributed by atoms with E-state index in [0.717, 1.165) is 31.0 Å². The van der Waals surface area contributed by atoms with Gasteiger partial charge in [-0.15, -0.1) is 0 Å². The lowest BCUT2D eigenvalue weighted by molar-refractivity contribution is -0.0406. The van der Waals surface area contributed by atoms with Crippen LogP contribution in [0, 0.1) is 0 Å². The van der Waals surface area contributed by atoms with Crippen LogP contribution in [-0.2, 0) is 4.74 Å². The minimum Gasteiger partial charge on any atom is -0.493 e. The molecule has 0 radical (unpaired) electrons. The summed E-state index contributed by atoms with van der Waals surface area (Å²) in [7, 11) is 3.73. The van der Waals surface area contributed by atoms with E-state index in [0.29, 0.717) is 12.4 Å². The molecule has 1 heterocycles. The second-order valence-electron chi connectivity index (χ2n) is 5.27. The predicted molar refractivity (Wildman–Crippen MR) is 78.3 cm³/mol. The van der Waals surface area contributed by atoms with Gasteiger partial charge in [0.2, 0.25) is 0 Å². The molecular weight excluding hydrogens is 256 g/mol. The zero-order valence-corrected chi connectivity index (χ0v) is 12.5. The van der Waals surface area contributed by atoms with Gasteiger partial charge in [0, 0.05) is 19.1 Å². The van der Waals surface area contributed by atoms with Gasteiger partial charge in [-0.3, -0.25) is 0 Å². The molecule has 0 spiro atoms. The number of likely N-dealkylation sites (N-methyl/N-ethyl adjacent to an activating group) is 1. The molecule has 1 unspecified atom stereocenters. The summed E-state index contributed by atoms with van der Waals surface area (Å²) in [5.74, 6) is 1.44. The number of ether oxygens (including phenoxy) is 3. The molecule has 20 heavy (non-hydrogen) atoms. The molecule has 1 saturated heterocycles. The van der Waals surface area contributed by atoms with E-state index in [4.69, 9.17) is 19.9 Å². The molecule has 2 N–H and O–H groups in total. The van der Waals surface area contributed by atoms with E-state index in [9.17, 15) is 0 Å². The second-order valence-corrected chi connectivity index (χ2v) is 5.27. The minimum atomic E-state index is -0.0201. The fraction of sp³-hybridized carbons (Fsp3) is 0.600. The zero-order chi connectivity index (χ0) is 14.5. The number of nitrogens with two attached hydrogens (primary N) is 1. The van der Waals surface area contributed by atoms with Crippen molar-refractivity contribution >= 4 is 0 Å². The van der Waals surface area contributed by atoms with Crippen molar-refractivity contribution in [3.8, 4) is 11.5 Å². The van der Waals surface area contributed by atoms with E-state index in [1.54, 1.807) is 7.11 Å². The number of nitrogens with zero attached hydrogens (tertiary/aromatic N) is 1. The largest absolute Gasteiger partial charge is 0.493 e. The van der Waals surface area contributed by atoms with Crippen LogP contribution in [0.2, 0.25) is 0 Å². The number of morpholine rings is 1. The van der Waals surface area contributed by atoms with E-state index in [1.165, 1.54) is 0 Å². The SMILES string of the molecule is COc1cc([C@@H](C)N)ccc1OCC1CN(C)CCO1. The molecule has 0 amide bonds. The van der Waals surface area contributed by atoms with Crippen LogP contribution in [0.4, 0.5) is 0 Å². The van der Waals surface area contributed by atoms with Crippen LogP contribution in [0.15, 0.2) is 18.2 Å². The molecule has 1 fully saturated rings. The van der Waals surface area contributed by atoms with E-state index in [2.05, 4.69) is 11.9 Å². The molecule has 5 nitrogen and oxygen atoms in total. The summed E-state index contributed by atoms with van der Waals surface area (Å²) < 4.78 is 16.9. The number of methoxy groups -OCH3 is 1. The fourth-order valence-electron chi connectivity index (χ4n) is 2.24. The Morgan fingerprint density at radius 3 is 2.90 bits per heavy atom. The smallest absolute Gasteiger partial charge is 0.161 e. The summed E-state index contributed by atoms with van der Waals surface area (Å²) in [5.41, 5.74) is 6.90. The van der Waals surface area contributed by atoms with Crippen molar-refractivity contribution in [2.45, 2.75) is 19.1 Å². The van der Waals surface area contributed by atoms with Gasteiger partial charge in [0.05, 0.1) is 13.7 Å². The normalized spacial score (nSPS) is 21.5. The molecule has 2 atom stereocenters. The number of rotatable bonds is 5. The van der Waals surface area contributed by atoms with Gasteiger partial charge in [0.25, 0.3) is 0 Å². The van der Waals surface area contributed by atoms with Crippen LogP contribution >= 0.6 is 0 Å². The molecule has 1 aliphatic rings. The molecule has 0 aromatic heterocycles. The Balaban J connectivity index is 1.98. The van der Waals surface area contributed by atoms with Crippen molar-refractivity contribution in [3.05, 3.63) is 23.8 Å². The van der Waals surface area contributed by atoms with Crippen molar-refractivity contribution in [2.24, 2.45) is 5.73 Å². The van der Waals surface area contributed by atoms with Crippen molar-refractivity contribution in [1.29, 1.82) is 0 Å². The topological polar surface area (TPSA) is 57.0 Å². The summed E-state index contributed by atoms with van der Waals surface area (Å²) >= 11 is 0. The minimum absolute atomic E-state index is 0.0201. The van der Waals surface area contributed by atoms with Crippen LogP contribution in [-0.4, -0.2) is 51.5 Å². The summed E-state index contributed by atoms with van der Waals surface area (Å²) in [6.45, 7) is 5.09. The Kier molecular flexibility index (Phi) is 5.23. The second kappa shape index (κ2) is 6.92. The van der Waals surface area contributed by atoms with Gasteiger partial charge < -0.3 is 24.8 Å². The van der Waals surface area contributed by atoms with E-state index in [-0.39, 0.29) is 12.1 Å². The number of hydrogen-bond donors (Lipinski definition) is 1. The highest BCUT2D eigenvalue weighted by Gasteiger charge is 2.19. The highest BCUT2D eigenvalue weighted by molar-refractivity contribution is 5.43. The van der Waals surface area contributed by atoms with E-state index >= 15 is 0 Å². The molecule has 1 aromatic rings. The van der Waals surface area contributed by atoms with Gasteiger partial charge in [-0.05, 0) is 31.7 Å². The first kappa shape index (κ1) is 15.1. The third-order valence-corrected chi connectivity index (χ3v) is 3.48. The highest BCUT2D eigenvalue weighted by atomic mass is 16.5.